The Morgan fingerprint density at radius 1 is 1.06 bits per heavy atom. The molecule has 0 radical (unpaired) electrons. The van der Waals surface area contributed by atoms with Crippen LogP contribution in [0.3, 0.4) is 0 Å². The van der Waals surface area contributed by atoms with Gasteiger partial charge in [-0.3, -0.25) is 4.79 Å². The second-order valence-electron chi connectivity index (χ2n) is 7.29. The third kappa shape index (κ3) is 4.23. The Morgan fingerprint density at radius 3 is 2.41 bits per heavy atom. The summed E-state index contributed by atoms with van der Waals surface area (Å²) < 4.78 is 15.9. The molecular formula is C23H17BrCl2N2O3S. The molecule has 0 fully saturated rings. The highest BCUT2D eigenvalue weighted by Crippen LogP contribution is 2.39. The Bertz CT molecular complexity index is 1340. The van der Waals surface area contributed by atoms with Gasteiger partial charge in [0, 0.05) is 46.2 Å². The molecule has 0 aliphatic rings. The third-order valence-corrected chi connectivity index (χ3v) is 7.29. The van der Waals surface area contributed by atoms with Crippen LogP contribution in [0.5, 0.6) is 5.75 Å². The maximum atomic E-state index is 13.7. The molecule has 1 atom stereocenters. The maximum absolute atomic E-state index is 13.7. The molecule has 0 bridgehead atoms. The van der Waals surface area contributed by atoms with Crippen LogP contribution in [0.15, 0.2) is 70.0 Å². The van der Waals surface area contributed by atoms with Gasteiger partial charge in [0.05, 0.1) is 16.2 Å². The van der Waals surface area contributed by atoms with E-state index < -0.39 is 11.4 Å². The van der Waals surface area contributed by atoms with Gasteiger partial charge in [0.1, 0.15) is 11.4 Å². The number of phenolic OH excluding ortho intramolecular Hbond substituents is 1. The van der Waals surface area contributed by atoms with Gasteiger partial charge in [0.25, 0.3) is 5.91 Å². The monoisotopic (exact) mass is 550 g/mol. The normalized spacial score (nSPS) is 12.2. The second kappa shape index (κ2) is 9.00. The van der Waals surface area contributed by atoms with E-state index in [1.54, 1.807) is 66.6 Å². The molecule has 1 amide bonds. The Kier molecular flexibility index (Phi) is 6.47. The minimum Gasteiger partial charge on any atom is -0.587 e. The Hall–Kier alpha value is -2.16. The summed E-state index contributed by atoms with van der Waals surface area (Å²) in [5, 5.41) is 11.9. The topological polar surface area (TPSA) is 68.5 Å². The first-order chi connectivity index (χ1) is 15.2. The quantitative estimate of drug-likeness (QED) is 0.300. The molecule has 1 unspecified atom stereocenters. The summed E-state index contributed by atoms with van der Waals surface area (Å²) in [4.78, 5) is 13.9. The van der Waals surface area contributed by atoms with Crippen molar-refractivity contribution in [2.45, 2.75) is 4.90 Å². The van der Waals surface area contributed by atoms with E-state index in [0.29, 0.717) is 26.3 Å². The molecular weight excluding hydrogens is 535 g/mol. The first-order valence-corrected chi connectivity index (χ1v) is 12.1. The van der Waals surface area contributed by atoms with E-state index in [1.807, 2.05) is 6.07 Å². The molecule has 4 rings (SSSR count). The number of carbonyl (C=O) groups is 1. The smallest absolute Gasteiger partial charge is 0.253 e. The predicted octanol–water partition coefficient (Wildman–Crippen LogP) is 6.36. The molecule has 0 saturated carbocycles. The van der Waals surface area contributed by atoms with Gasteiger partial charge in [0.15, 0.2) is 5.75 Å². The van der Waals surface area contributed by atoms with Crippen molar-refractivity contribution in [1.29, 1.82) is 0 Å². The third-order valence-electron chi connectivity index (χ3n) is 4.90. The molecule has 5 nitrogen and oxygen atoms in total. The number of amides is 1. The molecule has 0 aliphatic heterocycles. The lowest BCUT2D eigenvalue weighted by Crippen LogP contribution is -2.21. The van der Waals surface area contributed by atoms with Crippen LogP contribution in [-0.2, 0) is 11.4 Å². The largest absolute Gasteiger partial charge is 0.587 e. The zero-order valence-corrected chi connectivity index (χ0v) is 20.9. The average molecular weight is 552 g/mol. The summed E-state index contributed by atoms with van der Waals surface area (Å²) in [5.74, 6) is -0.358. The van der Waals surface area contributed by atoms with Gasteiger partial charge < -0.3 is 14.6 Å². The minimum absolute atomic E-state index is 0.0929. The number of aromatic nitrogens is 1. The van der Waals surface area contributed by atoms with Crippen molar-refractivity contribution in [3.8, 4) is 17.0 Å². The number of nitrogens with zero attached hydrogens (tertiary/aromatic N) is 2. The van der Waals surface area contributed by atoms with Crippen molar-refractivity contribution in [1.82, 2.24) is 8.87 Å². The summed E-state index contributed by atoms with van der Waals surface area (Å²) in [6, 6.07) is 17.3. The Labute approximate surface area is 206 Å². The van der Waals surface area contributed by atoms with Gasteiger partial charge in [-0.2, -0.15) is 3.97 Å². The zero-order valence-electron chi connectivity index (χ0n) is 17.0. The van der Waals surface area contributed by atoms with E-state index in [1.165, 1.54) is 11.0 Å². The summed E-state index contributed by atoms with van der Waals surface area (Å²) >= 11 is 13.8. The van der Waals surface area contributed by atoms with Crippen LogP contribution in [-0.4, -0.2) is 38.5 Å². The SMILES string of the molecule is CN(C)C(=O)c1ccc(-c2cc3cc(Cl)ccc3n2[S+]([O-])c2cc(Br)cc(Cl)c2O)cc1. The fourth-order valence-corrected chi connectivity index (χ4v) is 5.94. The van der Waals surface area contributed by atoms with Crippen LogP contribution in [0.4, 0.5) is 0 Å². The zero-order chi connectivity index (χ0) is 23.2. The molecule has 0 spiro atoms. The summed E-state index contributed by atoms with van der Waals surface area (Å²) in [7, 11) is 3.38. The number of carbonyl (C=O) groups excluding carboxylic acids is 1. The van der Waals surface area contributed by atoms with E-state index in [9.17, 15) is 14.5 Å². The van der Waals surface area contributed by atoms with Gasteiger partial charge in [-0.1, -0.05) is 51.3 Å². The van der Waals surface area contributed by atoms with E-state index >= 15 is 0 Å². The van der Waals surface area contributed by atoms with Crippen molar-refractivity contribution < 1.29 is 14.5 Å². The van der Waals surface area contributed by atoms with E-state index in [-0.39, 0.29) is 21.6 Å². The Balaban J connectivity index is 1.91. The lowest BCUT2D eigenvalue weighted by molar-refractivity contribution is 0.0827. The summed E-state index contributed by atoms with van der Waals surface area (Å²) in [6.45, 7) is 0. The van der Waals surface area contributed by atoms with Crippen LogP contribution in [0.1, 0.15) is 10.4 Å². The van der Waals surface area contributed by atoms with Crippen LogP contribution in [0.2, 0.25) is 10.0 Å². The molecule has 0 aliphatic carbocycles. The fourth-order valence-electron chi connectivity index (χ4n) is 3.36. The number of halogens is 3. The molecule has 1 heterocycles. The molecule has 32 heavy (non-hydrogen) atoms. The fraction of sp³-hybridized carbons (Fsp3) is 0.0870. The number of hydrogen-bond donors (Lipinski definition) is 1. The van der Waals surface area contributed by atoms with Crippen molar-refractivity contribution in [3.05, 3.63) is 80.7 Å². The molecule has 1 N–H and O–H groups in total. The van der Waals surface area contributed by atoms with Crippen LogP contribution >= 0.6 is 39.1 Å². The lowest BCUT2D eigenvalue weighted by atomic mass is 10.1. The second-order valence-corrected chi connectivity index (χ2v) is 10.4. The van der Waals surface area contributed by atoms with Gasteiger partial charge >= 0.3 is 0 Å². The summed E-state index contributed by atoms with van der Waals surface area (Å²) in [5.41, 5.74) is 2.61. The molecule has 164 valence electrons. The van der Waals surface area contributed by atoms with E-state index in [2.05, 4.69) is 15.9 Å². The maximum Gasteiger partial charge on any atom is 0.253 e. The molecule has 9 heteroatoms. The average Bonchev–Trinajstić information content (AvgIpc) is 3.13. The van der Waals surface area contributed by atoms with E-state index in [0.717, 1.165) is 10.9 Å². The first-order valence-electron chi connectivity index (χ1n) is 9.40. The Morgan fingerprint density at radius 2 is 1.75 bits per heavy atom. The van der Waals surface area contributed by atoms with Crippen molar-refractivity contribution in [2.24, 2.45) is 0 Å². The highest BCUT2D eigenvalue weighted by atomic mass is 79.9. The predicted molar refractivity (Wildman–Crippen MR) is 133 cm³/mol. The van der Waals surface area contributed by atoms with Gasteiger partial charge in [0.2, 0.25) is 4.90 Å². The van der Waals surface area contributed by atoms with Gasteiger partial charge in [-0.05, 0) is 42.5 Å². The number of rotatable bonds is 4. The molecule has 4 aromatic rings. The molecule has 0 saturated heterocycles. The minimum atomic E-state index is -1.83. The first kappa shape index (κ1) is 23.0. The van der Waals surface area contributed by atoms with Gasteiger partial charge in [-0.15, -0.1) is 0 Å². The highest BCUT2D eigenvalue weighted by molar-refractivity contribution is 9.10. The standard InChI is InChI=1S/C23H17BrCl2N2O3S/c1-27(2)23(30)14-5-3-13(4-6-14)20-10-15-9-17(25)7-8-19(15)28(20)32(31)21-12-16(24)11-18(26)22(21)29/h3-12,29H,1-2H3. The molecule has 3 aromatic carbocycles. The van der Waals surface area contributed by atoms with Gasteiger partial charge in [-0.25, -0.2) is 0 Å². The lowest BCUT2D eigenvalue weighted by Gasteiger charge is -2.17. The number of fused-ring (bicyclic) bond motifs is 1. The number of hydrogen-bond acceptors (Lipinski definition) is 3. The highest BCUT2D eigenvalue weighted by Gasteiger charge is 2.27. The summed E-state index contributed by atoms with van der Waals surface area (Å²) in [6.07, 6.45) is 0. The van der Waals surface area contributed by atoms with Crippen molar-refractivity contribution >= 4 is 67.3 Å². The van der Waals surface area contributed by atoms with Crippen molar-refractivity contribution in [2.75, 3.05) is 14.1 Å². The van der Waals surface area contributed by atoms with E-state index in [4.69, 9.17) is 23.2 Å². The van der Waals surface area contributed by atoms with Crippen LogP contribution in [0.25, 0.3) is 22.2 Å². The number of phenols is 1. The number of benzene rings is 3. The van der Waals surface area contributed by atoms with Crippen LogP contribution in [0, 0.1) is 0 Å². The van der Waals surface area contributed by atoms with Crippen LogP contribution < -0.4 is 0 Å². The number of aromatic hydroxyl groups is 1. The van der Waals surface area contributed by atoms with Crippen molar-refractivity contribution in [3.63, 3.8) is 0 Å². The molecule has 1 aromatic heterocycles.